The molecule has 0 fully saturated rings. The minimum absolute atomic E-state index is 0.102. The van der Waals surface area contributed by atoms with Crippen LogP contribution in [0.1, 0.15) is 12.8 Å². The van der Waals surface area contributed by atoms with Gasteiger partial charge in [-0.2, -0.15) is 0 Å². The zero-order valence-electron chi connectivity index (χ0n) is 8.20. The van der Waals surface area contributed by atoms with E-state index in [0.717, 1.165) is 29.6 Å². The molecule has 3 nitrogen and oxygen atoms in total. The Balaban J connectivity index is 2.51. The van der Waals surface area contributed by atoms with Crippen molar-refractivity contribution < 1.29 is 4.74 Å². The number of hydrogen-bond donors (Lipinski definition) is 0. The van der Waals surface area contributed by atoms with Crippen LogP contribution in [0.25, 0.3) is 0 Å². The number of aromatic nitrogens is 1. The van der Waals surface area contributed by atoms with E-state index in [4.69, 9.17) is 4.74 Å². The van der Waals surface area contributed by atoms with Crippen molar-refractivity contribution in [2.45, 2.75) is 19.4 Å². The molecule has 0 atom stereocenters. The number of halogens is 1. The number of hydrogen-bond acceptors (Lipinski definition) is 2. The Morgan fingerprint density at radius 3 is 3.00 bits per heavy atom. The average Bonchev–Trinajstić information content (AvgIpc) is 2.19. The van der Waals surface area contributed by atoms with Crippen molar-refractivity contribution in [1.82, 2.24) is 4.57 Å². The molecule has 0 amide bonds. The molecule has 0 bridgehead atoms. The van der Waals surface area contributed by atoms with Crippen molar-refractivity contribution in [3.8, 4) is 0 Å². The number of aryl methyl sites for hydroxylation is 1. The van der Waals surface area contributed by atoms with Crippen LogP contribution in [0.5, 0.6) is 0 Å². The lowest BCUT2D eigenvalue weighted by molar-refractivity contribution is 0.191. The quantitative estimate of drug-likeness (QED) is 0.614. The first kappa shape index (κ1) is 11.7. The second-order valence-corrected chi connectivity index (χ2v) is 4.22. The van der Waals surface area contributed by atoms with E-state index < -0.39 is 0 Å². The second kappa shape index (κ2) is 6.19. The molecule has 1 aromatic heterocycles. The Bertz CT molecular complexity index is 335. The number of unbranched alkanes of at least 4 members (excludes halogenated alkanes) is 1. The third-order valence-corrected chi connectivity index (χ3v) is 2.79. The molecule has 0 aliphatic rings. The molecule has 0 saturated heterocycles. The molecule has 78 valence electrons. The predicted molar refractivity (Wildman–Crippen MR) is 64.5 cm³/mol. The first-order chi connectivity index (χ1) is 6.75. The van der Waals surface area contributed by atoms with Crippen LogP contribution in [0.15, 0.2) is 23.1 Å². The first-order valence-corrected chi connectivity index (χ1v) is 5.67. The van der Waals surface area contributed by atoms with Gasteiger partial charge in [0.25, 0.3) is 5.56 Å². The molecule has 1 heterocycles. The van der Waals surface area contributed by atoms with Crippen LogP contribution in [0.3, 0.4) is 0 Å². The topological polar surface area (TPSA) is 31.2 Å². The molecule has 0 unspecified atom stereocenters. The summed E-state index contributed by atoms with van der Waals surface area (Å²) in [6.07, 6.45) is 3.81. The summed E-state index contributed by atoms with van der Waals surface area (Å²) >= 11 is 2.06. The van der Waals surface area contributed by atoms with E-state index in [9.17, 15) is 4.79 Å². The standard InChI is InChI=1S/C10H14INO2/c1-14-8-3-2-6-12-7-4-5-9(11)10(12)13/h4-5,7H,2-3,6,8H2,1H3. The van der Waals surface area contributed by atoms with E-state index in [1.165, 1.54) is 0 Å². The maximum atomic E-state index is 11.6. The van der Waals surface area contributed by atoms with Gasteiger partial charge in [-0.15, -0.1) is 0 Å². The van der Waals surface area contributed by atoms with Gasteiger partial charge >= 0.3 is 0 Å². The maximum Gasteiger partial charge on any atom is 0.263 e. The lowest BCUT2D eigenvalue weighted by atomic mass is 10.3. The third kappa shape index (κ3) is 3.42. The van der Waals surface area contributed by atoms with E-state index in [2.05, 4.69) is 22.6 Å². The molecule has 0 N–H and O–H groups in total. The monoisotopic (exact) mass is 307 g/mol. The van der Waals surface area contributed by atoms with Crippen molar-refractivity contribution in [2.24, 2.45) is 0 Å². The second-order valence-electron chi connectivity index (χ2n) is 3.05. The molecule has 0 aliphatic carbocycles. The Hall–Kier alpha value is -0.360. The largest absolute Gasteiger partial charge is 0.385 e. The first-order valence-electron chi connectivity index (χ1n) is 4.59. The van der Waals surface area contributed by atoms with Crippen LogP contribution in [0.2, 0.25) is 0 Å². The molecule has 0 aromatic carbocycles. The summed E-state index contributed by atoms with van der Waals surface area (Å²) in [7, 11) is 1.69. The van der Waals surface area contributed by atoms with Gasteiger partial charge in [0.1, 0.15) is 0 Å². The van der Waals surface area contributed by atoms with Gasteiger partial charge in [-0.25, -0.2) is 0 Å². The number of nitrogens with zero attached hydrogens (tertiary/aromatic N) is 1. The molecule has 4 heteroatoms. The normalized spacial score (nSPS) is 10.4. The third-order valence-electron chi connectivity index (χ3n) is 1.97. The Morgan fingerprint density at radius 1 is 1.50 bits per heavy atom. The SMILES string of the molecule is COCCCCn1cccc(I)c1=O. The summed E-state index contributed by atoms with van der Waals surface area (Å²) in [6.45, 7) is 1.54. The van der Waals surface area contributed by atoms with Crippen molar-refractivity contribution in [3.63, 3.8) is 0 Å². The van der Waals surface area contributed by atoms with E-state index in [-0.39, 0.29) is 5.56 Å². The summed E-state index contributed by atoms with van der Waals surface area (Å²) in [5.41, 5.74) is 0.102. The van der Waals surface area contributed by atoms with Crippen molar-refractivity contribution in [3.05, 3.63) is 32.3 Å². The number of ether oxygens (including phenoxy) is 1. The Kier molecular flexibility index (Phi) is 5.17. The van der Waals surface area contributed by atoms with Gasteiger partial charge in [0, 0.05) is 26.5 Å². The zero-order chi connectivity index (χ0) is 10.4. The number of rotatable bonds is 5. The molecule has 14 heavy (non-hydrogen) atoms. The molecule has 0 aliphatic heterocycles. The Labute approximate surface area is 97.2 Å². The van der Waals surface area contributed by atoms with Gasteiger partial charge in [-0.3, -0.25) is 4.79 Å². The van der Waals surface area contributed by atoms with Crippen LogP contribution in [-0.4, -0.2) is 18.3 Å². The van der Waals surface area contributed by atoms with Crippen LogP contribution >= 0.6 is 22.6 Å². The van der Waals surface area contributed by atoms with Crippen molar-refractivity contribution in [1.29, 1.82) is 0 Å². The minimum atomic E-state index is 0.102. The summed E-state index contributed by atoms with van der Waals surface area (Å²) in [6, 6.07) is 3.73. The molecule has 1 aromatic rings. The van der Waals surface area contributed by atoms with E-state index in [1.807, 2.05) is 18.3 Å². The summed E-state index contributed by atoms with van der Waals surface area (Å²) in [5, 5.41) is 0. The zero-order valence-corrected chi connectivity index (χ0v) is 10.4. The van der Waals surface area contributed by atoms with E-state index >= 15 is 0 Å². The molecule has 0 radical (unpaired) electrons. The highest BCUT2D eigenvalue weighted by Crippen LogP contribution is 1.98. The van der Waals surface area contributed by atoms with Gasteiger partial charge in [-0.05, 0) is 47.6 Å². The highest BCUT2D eigenvalue weighted by atomic mass is 127. The van der Waals surface area contributed by atoms with Gasteiger partial charge in [0.2, 0.25) is 0 Å². The smallest absolute Gasteiger partial charge is 0.263 e. The van der Waals surface area contributed by atoms with E-state index in [0.29, 0.717) is 0 Å². The van der Waals surface area contributed by atoms with E-state index in [1.54, 1.807) is 11.7 Å². The van der Waals surface area contributed by atoms with Crippen LogP contribution in [0, 0.1) is 3.57 Å². The maximum absolute atomic E-state index is 11.6. The van der Waals surface area contributed by atoms with Gasteiger partial charge in [0.15, 0.2) is 0 Å². The highest BCUT2D eigenvalue weighted by Gasteiger charge is 1.98. The molecular formula is C10H14INO2. The summed E-state index contributed by atoms with van der Waals surface area (Å²) in [4.78, 5) is 11.6. The van der Waals surface area contributed by atoms with Gasteiger partial charge in [0.05, 0.1) is 3.57 Å². The van der Waals surface area contributed by atoms with Crippen molar-refractivity contribution >= 4 is 22.6 Å². The average molecular weight is 307 g/mol. The molecule has 1 rings (SSSR count). The summed E-state index contributed by atoms with van der Waals surface area (Å²) in [5.74, 6) is 0. The van der Waals surface area contributed by atoms with Crippen LogP contribution in [0.4, 0.5) is 0 Å². The lowest BCUT2D eigenvalue weighted by Gasteiger charge is -2.05. The number of pyridine rings is 1. The fourth-order valence-electron chi connectivity index (χ4n) is 1.21. The molecule has 0 saturated carbocycles. The predicted octanol–water partition coefficient (Wildman–Crippen LogP) is 1.88. The number of methoxy groups -OCH3 is 1. The van der Waals surface area contributed by atoms with Crippen LogP contribution in [-0.2, 0) is 11.3 Å². The fourth-order valence-corrected chi connectivity index (χ4v) is 1.73. The molecular weight excluding hydrogens is 293 g/mol. The fraction of sp³-hybridized carbons (Fsp3) is 0.500. The van der Waals surface area contributed by atoms with Crippen LogP contribution < -0.4 is 5.56 Å². The molecule has 0 spiro atoms. The van der Waals surface area contributed by atoms with Crippen molar-refractivity contribution in [2.75, 3.05) is 13.7 Å². The summed E-state index contributed by atoms with van der Waals surface area (Å²) < 4.78 is 7.47. The lowest BCUT2D eigenvalue weighted by Crippen LogP contribution is -2.21. The van der Waals surface area contributed by atoms with Gasteiger partial charge < -0.3 is 9.30 Å². The van der Waals surface area contributed by atoms with Gasteiger partial charge in [-0.1, -0.05) is 0 Å². The highest BCUT2D eigenvalue weighted by molar-refractivity contribution is 14.1. The minimum Gasteiger partial charge on any atom is -0.385 e. The Morgan fingerprint density at radius 2 is 2.29 bits per heavy atom.